The lowest BCUT2D eigenvalue weighted by atomic mass is 10.1. The molecular weight excluding hydrogens is 310 g/mol. The summed E-state index contributed by atoms with van der Waals surface area (Å²) in [6.45, 7) is 2.38. The van der Waals surface area contributed by atoms with Crippen LogP contribution in [-0.2, 0) is 18.4 Å². The number of para-hydroxylation sites is 1. The van der Waals surface area contributed by atoms with Crippen LogP contribution in [-0.4, -0.2) is 10.5 Å². The van der Waals surface area contributed by atoms with Gasteiger partial charge in [-0.25, -0.2) is 0 Å². The first-order valence-corrected chi connectivity index (χ1v) is 8.09. The molecule has 4 heteroatoms. The number of aryl methyl sites for hydroxylation is 1. The van der Waals surface area contributed by atoms with Crippen molar-refractivity contribution in [2.75, 3.05) is 0 Å². The lowest BCUT2D eigenvalue weighted by Gasteiger charge is -2.04. The second kappa shape index (κ2) is 7.06. The van der Waals surface area contributed by atoms with Gasteiger partial charge in [0, 0.05) is 35.8 Å². The number of nitrogens with zero attached hydrogens (tertiary/aromatic N) is 2. The molecule has 0 atom stereocenters. The van der Waals surface area contributed by atoms with Crippen molar-refractivity contribution in [3.05, 3.63) is 77.0 Å². The van der Waals surface area contributed by atoms with Crippen LogP contribution in [0.2, 0.25) is 0 Å². The third-order valence-corrected chi connectivity index (χ3v) is 4.40. The average Bonchev–Trinajstić information content (AvgIpc) is 2.89. The van der Waals surface area contributed by atoms with Crippen molar-refractivity contribution in [3.63, 3.8) is 0 Å². The van der Waals surface area contributed by atoms with Gasteiger partial charge in [-0.2, -0.15) is 5.26 Å². The predicted molar refractivity (Wildman–Crippen MR) is 99.5 cm³/mol. The number of fused-ring (bicyclic) bond motifs is 1. The van der Waals surface area contributed by atoms with Gasteiger partial charge < -0.3 is 9.88 Å². The number of benzene rings is 2. The molecule has 1 amide bonds. The number of amides is 1. The molecule has 3 rings (SSSR count). The van der Waals surface area contributed by atoms with E-state index in [0.717, 1.165) is 27.7 Å². The van der Waals surface area contributed by atoms with Crippen molar-refractivity contribution in [2.45, 2.75) is 13.5 Å². The van der Waals surface area contributed by atoms with E-state index in [9.17, 15) is 10.1 Å². The van der Waals surface area contributed by atoms with Crippen molar-refractivity contribution < 1.29 is 4.79 Å². The Balaban J connectivity index is 1.90. The Labute approximate surface area is 147 Å². The van der Waals surface area contributed by atoms with Crippen molar-refractivity contribution in [1.29, 1.82) is 5.26 Å². The largest absolute Gasteiger partial charge is 0.347 e. The van der Waals surface area contributed by atoms with Crippen LogP contribution in [0.4, 0.5) is 0 Å². The minimum atomic E-state index is -0.362. The summed E-state index contributed by atoms with van der Waals surface area (Å²) in [5, 5.41) is 13.3. The van der Waals surface area contributed by atoms with Crippen LogP contribution in [0.5, 0.6) is 0 Å². The van der Waals surface area contributed by atoms with E-state index >= 15 is 0 Å². The quantitative estimate of drug-likeness (QED) is 0.586. The van der Waals surface area contributed by atoms with Gasteiger partial charge in [-0.3, -0.25) is 4.79 Å². The van der Waals surface area contributed by atoms with Gasteiger partial charge in [0.15, 0.2) is 0 Å². The highest BCUT2D eigenvalue weighted by atomic mass is 16.1. The van der Waals surface area contributed by atoms with Crippen LogP contribution in [0, 0.1) is 18.3 Å². The van der Waals surface area contributed by atoms with E-state index in [0.29, 0.717) is 6.54 Å². The fourth-order valence-electron chi connectivity index (χ4n) is 2.90. The molecule has 0 spiro atoms. The number of hydrogen-bond acceptors (Lipinski definition) is 2. The normalized spacial score (nSPS) is 11.3. The van der Waals surface area contributed by atoms with Crippen molar-refractivity contribution in [2.24, 2.45) is 7.05 Å². The lowest BCUT2D eigenvalue weighted by Crippen LogP contribution is -2.23. The molecule has 0 aliphatic heterocycles. The molecule has 1 N–H and O–H groups in total. The summed E-state index contributed by atoms with van der Waals surface area (Å²) in [5.41, 5.74) is 4.10. The molecule has 0 aliphatic carbocycles. The second-order valence-electron chi connectivity index (χ2n) is 5.91. The van der Waals surface area contributed by atoms with Gasteiger partial charge in [-0.1, -0.05) is 48.5 Å². The fraction of sp³-hybridized carbons (Fsp3) is 0.143. The SMILES string of the molecule is Cc1c(C=C(C#N)C(=O)NCc2ccccc2)c2ccccc2n1C. The Morgan fingerprint density at radius 1 is 1.16 bits per heavy atom. The Bertz CT molecular complexity index is 991. The van der Waals surface area contributed by atoms with E-state index in [2.05, 4.69) is 9.88 Å². The summed E-state index contributed by atoms with van der Waals surface area (Å²) in [7, 11) is 1.98. The number of rotatable bonds is 4. The van der Waals surface area contributed by atoms with Crippen molar-refractivity contribution >= 4 is 22.9 Å². The molecule has 2 aromatic carbocycles. The van der Waals surface area contributed by atoms with Gasteiger partial charge in [0.25, 0.3) is 5.91 Å². The molecule has 0 fully saturated rings. The summed E-state index contributed by atoms with van der Waals surface area (Å²) in [6.07, 6.45) is 1.68. The van der Waals surface area contributed by atoms with Crippen molar-refractivity contribution in [3.8, 4) is 6.07 Å². The van der Waals surface area contributed by atoms with E-state index in [-0.39, 0.29) is 11.5 Å². The maximum Gasteiger partial charge on any atom is 0.262 e. The summed E-state index contributed by atoms with van der Waals surface area (Å²) >= 11 is 0. The smallest absolute Gasteiger partial charge is 0.262 e. The Morgan fingerprint density at radius 3 is 2.56 bits per heavy atom. The van der Waals surface area contributed by atoms with E-state index in [1.54, 1.807) is 6.08 Å². The molecule has 25 heavy (non-hydrogen) atoms. The molecule has 0 saturated carbocycles. The maximum atomic E-state index is 12.4. The van der Waals surface area contributed by atoms with Crippen LogP contribution in [0.1, 0.15) is 16.8 Å². The van der Waals surface area contributed by atoms with Gasteiger partial charge in [0.2, 0.25) is 0 Å². The molecule has 0 radical (unpaired) electrons. The summed E-state index contributed by atoms with van der Waals surface area (Å²) in [5.74, 6) is -0.362. The van der Waals surface area contributed by atoms with Crippen LogP contribution < -0.4 is 5.32 Å². The van der Waals surface area contributed by atoms with Gasteiger partial charge in [0.05, 0.1) is 0 Å². The van der Waals surface area contributed by atoms with E-state index in [4.69, 9.17) is 0 Å². The Morgan fingerprint density at radius 2 is 1.84 bits per heavy atom. The van der Waals surface area contributed by atoms with Crippen LogP contribution >= 0.6 is 0 Å². The molecular formula is C21H19N3O. The maximum absolute atomic E-state index is 12.4. The summed E-state index contributed by atoms with van der Waals surface area (Å²) in [4.78, 5) is 12.4. The third-order valence-electron chi connectivity index (χ3n) is 4.40. The Hall–Kier alpha value is -3.32. The second-order valence-corrected chi connectivity index (χ2v) is 5.91. The minimum Gasteiger partial charge on any atom is -0.347 e. The molecule has 0 saturated heterocycles. The molecule has 3 aromatic rings. The standard InChI is InChI=1S/C21H19N3O/c1-15-19(18-10-6-7-11-20(18)24(15)2)12-17(13-22)21(25)23-14-16-8-4-3-5-9-16/h3-12H,14H2,1-2H3,(H,23,25). The third kappa shape index (κ3) is 3.31. The molecule has 1 aromatic heterocycles. The number of hydrogen-bond donors (Lipinski definition) is 1. The van der Waals surface area contributed by atoms with Gasteiger partial charge in [-0.05, 0) is 24.6 Å². The fourth-order valence-corrected chi connectivity index (χ4v) is 2.90. The monoisotopic (exact) mass is 329 g/mol. The van der Waals surface area contributed by atoms with Gasteiger partial charge >= 0.3 is 0 Å². The minimum absolute atomic E-state index is 0.107. The number of carbonyl (C=O) groups is 1. The van der Waals surface area contributed by atoms with E-state index in [1.165, 1.54) is 0 Å². The average molecular weight is 329 g/mol. The van der Waals surface area contributed by atoms with Crippen molar-refractivity contribution in [1.82, 2.24) is 9.88 Å². The molecule has 0 aliphatic rings. The molecule has 1 heterocycles. The molecule has 0 bridgehead atoms. The zero-order valence-electron chi connectivity index (χ0n) is 14.3. The number of nitriles is 1. The first-order chi connectivity index (χ1) is 12.1. The van der Waals surface area contributed by atoms with E-state index < -0.39 is 0 Å². The first kappa shape index (κ1) is 16.5. The number of carbonyl (C=O) groups excluding carboxylic acids is 1. The molecule has 4 nitrogen and oxygen atoms in total. The van der Waals surface area contributed by atoms with Gasteiger partial charge in [-0.15, -0.1) is 0 Å². The lowest BCUT2D eigenvalue weighted by molar-refractivity contribution is -0.117. The van der Waals surface area contributed by atoms with Gasteiger partial charge in [0.1, 0.15) is 11.6 Å². The van der Waals surface area contributed by atoms with Crippen LogP contribution in [0.15, 0.2) is 60.2 Å². The zero-order valence-corrected chi connectivity index (χ0v) is 14.3. The summed E-state index contributed by atoms with van der Waals surface area (Å²) in [6, 6.07) is 19.6. The molecule has 0 unspecified atom stereocenters. The Kier molecular flexibility index (Phi) is 4.67. The summed E-state index contributed by atoms with van der Waals surface area (Å²) < 4.78 is 2.07. The number of nitrogens with one attached hydrogen (secondary N) is 1. The van der Waals surface area contributed by atoms with Crippen LogP contribution in [0.25, 0.3) is 17.0 Å². The highest BCUT2D eigenvalue weighted by Gasteiger charge is 2.14. The topological polar surface area (TPSA) is 57.8 Å². The number of aromatic nitrogens is 1. The highest BCUT2D eigenvalue weighted by Crippen LogP contribution is 2.26. The first-order valence-electron chi connectivity index (χ1n) is 8.09. The molecule has 124 valence electrons. The predicted octanol–water partition coefficient (Wildman–Crippen LogP) is 3.71. The zero-order chi connectivity index (χ0) is 17.8. The highest BCUT2D eigenvalue weighted by molar-refractivity contribution is 6.04. The van der Waals surface area contributed by atoms with Crippen LogP contribution in [0.3, 0.4) is 0 Å². The van der Waals surface area contributed by atoms with E-state index in [1.807, 2.05) is 74.6 Å².